The third-order valence-electron chi connectivity index (χ3n) is 3.63. The number of aryl methyl sites for hydroxylation is 1. The molecule has 0 unspecified atom stereocenters. The van der Waals surface area contributed by atoms with Crippen molar-refractivity contribution >= 4 is 35.0 Å². The van der Waals surface area contributed by atoms with Crippen LogP contribution in [0.4, 0.5) is 5.69 Å². The lowest BCUT2D eigenvalue weighted by Gasteiger charge is -2.17. The van der Waals surface area contributed by atoms with Crippen LogP contribution >= 0.6 is 11.6 Å². The first-order valence-corrected chi connectivity index (χ1v) is 8.38. The van der Waals surface area contributed by atoms with Gasteiger partial charge in [-0.05, 0) is 31.2 Å². The molecule has 0 aliphatic carbocycles. The summed E-state index contributed by atoms with van der Waals surface area (Å²) in [5.41, 5.74) is 1.92. The Balaban J connectivity index is 1.82. The van der Waals surface area contributed by atoms with Gasteiger partial charge in [0, 0.05) is 12.6 Å². The van der Waals surface area contributed by atoms with E-state index in [1.54, 1.807) is 42.5 Å². The molecule has 0 spiro atoms. The predicted molar refractivity (Wildman–Crippen MR) is 101 cm³/mol. The number of halogens is 1. The molecule has 2 aromatic rings. The van der Waals surface area contributed by atoms with E-state index < -0.39 is 0 Å². The molecule has 0 fully saturated rings. The van der Waals surface area contributed by atoms with Crippen LogP contribution in [0.5, 0.6) is 0 Å². The van der Waals surface area contributed by atoms with E-state index >= 15 is 0 Å². The highest BCUT2D eigenvalue weighted by molar-refractivity contribution is 6.33. The minimum Gasteiger partial charge on any atom is -0.343 e. The quantitative estimate of drug-likeness (QED) is 0.816. The molecule has 2 N–H and O–H groups in total. The minimum atomic E-state index is -0.376. The van der Waals surface area contributed by atoms with E-state index in [0.717, 1.165) is 5.56 Å². The maximum Gasteiger partial charge on any atom is 0.251 e. The Morgan fingerprint density at radius 3 is 2.50 bits per heavy atom. The summed E-state index contributed by atoms with van der Waals surface area (Å²) in [5.74, 6) is -1.09. The fourth-order valence-electron chi connectivity index (χ4n) is 2.24. The number of carbonyl (C=O) groups excluding carboxylic acids is 3. The molecule has 136 valence electrons. The molecule has 26 heavy (non-hydrogen) atoms. The Labute approximate surface area is 157 Å². The van der Waals surface area contributed by atoms with Gasteiger partial charge in [0.2, 0.25) is 11.8 Å². The lowest BCUT2D eigenvalue weighted by atomic mass is 10.1. The van der Waals surface area contributed by atoms with Crippen LogP contribution in [0.2, 0.25) is 5.02 Å². The zero-order valence-corrected chi connectivity index (χ0v) is 15.3. The van der Waals surface area contributed by atoms with Gasteiger partial charge < -0.3 is 15.5 Å². The zero-order valence-electron chi connectivity index (χ0n) is 14.6. The largest absolute Gasteiger partial charge is 0.343 e. The van der Waals surface area contributed by atoms with Crippen LogP contribution in [0.1, 0.15) is 15.9 Å². The van der Waals surface area contributed by atoms with Crippen molar-refractivity contribution in [2.24, 2.45) is 0 Å². The molecule has 2 aromatic carbocycles. The van der Waals surface area contributed by atoms with Gasteiger partial charge in [-0.15, -0.1) is 0 Å². The molecular weight excluding hydrogens is 354 g/mol. The van der Waals surface area contributed by atoms with Gasteiger partial charge in [-0.2, -0.15) is 0 Å². The smallest absolute Gasteiger partial charge is 0.251 e. The Morgan fingerprint density at radius 2 is 1.81 bits per heavy atom. The summed E-state index contributed by atoms with van der Waals surface area (Å²) in [6.45, 7) is 1.54. The summed E-state index contributed by atoms with van der Waals surface area (Å²) >= 11 is 5.98. The first-order chi connectivity index (χ1) is 12.4. The molecule has 2 rings (SSSR count). The number of nitrogens with zero attached hydrogens (tertiary/aromatic N) is 1. The first-order valence-electron chi connectivity index (χ1n) is 8.00. The molecule has 0 aliphatic rings. The number of likely N-dealkylation sites (N-methyl/N-ethyl adjacent to an activating group) is 1. The highest BCUT2D eigenvalue weighted by Crippen LogP contribution is 2.20. The van der Waals surface area contributed by atoms with Crippen molar-refractivity contribution in [1.82, 2.24) is 10.2 Å². The molecular formula is C19H20ClN3O3. The highest BCUT2D eigenvalue weighted by Gasteiger charge is 2.15. The Hall–Kier alpha value is -2.86. The van der Waals surface area contributed by atoms with Gasteiger partial charge in [0.25, 0.3) is 5.91 Å². The van der Waals surface area contributed by atoms with Gasteiger partial charge in [-0.1, -0.05) is 41.4 Å². The van der Waals surface area contributed by atoms with Gasteiger partial charge in [-0.3, -0.25) is 14.4 Å². The fourth-order valence-corrected chi connectivity index (χ4v) is 2.42. The number of hydrogen-bond acceptors (Lipinski definition) is 3. The molecule has 7 heteroatoms. The summed E-state index contributed by atoms with van der Waals surface area (Å²) in [4.78, 5) is 37.4. The van der Waals surface area contributed by atoms with Crippen LogP contribution in [0.3, 0.4) is 0 Å². The maximum absolute atomic E-state index is 12.1. The minimum absolute atomic E-state index is 0.148. The van der Waals surface area contributed by atoms with Crippen molar-refractivity contribution in [3.05, 3.63) is 64.7 Å². The zero-order chi connectivity index (χ0) is 19.1. The van der Waals surface area contributed by atoms with Crippen LogP contribution in [-0.4, -0.2) is 42.8 Å². The fraction of sp³-hybridized carbons (Fsp3) is 0.211. The molecule has 0 radical (unpaired) electrons. The Bertz CT molecular complexity index is 823. The van der Waals surface area contributed by atoms with E-state index in [2.05, 4.69) is 10.6 Å². The molecule has 0 aliphatic heterocycles. The summed E-state index contributed by atoms with van der Waals surface area (Å²) in [7, 11) is 1.49. The first kappa shape index (κ1) is 19.5. The normalized spacial score (nSPS) is 10.1. The lowest BCUT2D eigenvalue weighted by Crippen LogP contribution is -2.41. The van der Waals surface area contributed by atoms with Crippen LogP contribution in [0.25, 0.3) is 0 Å². The van der Waals surface area contributed by atoms with Gasteiger partial charge in [0.1, 0.15) is 0 Å². The third-order valence-corrected chi connectivity index (χ3v) is 3.96. The Kier molecular flexibility index (Phi) is 6.74. The predicted octanol–water partition coefficient (Wildman–Crippen LogP) is 2.48. The number of rotatable bonds is 6. The van der Waals surface area contributed by atoms with Crippen molar-refractivity contribution in [2.75, 3.05) is 25.5 Å². The van der Waals surface area contributed by atoms with Gasteiger partial charge >= 0.3 is 0 Å². The van der Waals surface area contributed by atoms with Crippen LogP contribution in [0, 0.1) is 6.92 Å². The van der Waals surface area contributed by atoms with E-state index in [1.165, 1.54) is 11.9 Å². The number of carbonyl (C=O) groups is 3. The van der Waals surface area contributed by atoms with Crippen LogP contribution in [0.15, 0.2) is 48.5 Å². The van der Waals surface area contributed by atoms with E-state index in [4.69, 9.17) is 11.6 Å². The molecule has 0 saturated heterocycles. The Morgan fingerprint density at radius 1 is 1.08 bits per heavy atom. The number of anilines is 1. The summed E-state index contributed by atoms with van der Waals surface area (Å²) in [6, 6.07) is 13.9. The number of hydrogen-bond donors (Lipinski definition) is 2. The SMILES string of the molecule is Cc1cccc(C(=O)NCC(=O)N(C)CC(=O)Nc2ccccc2Cl)c1. The van der Waals surface area contributed by atoms with Crippen LogP contribution < -0.4 is 10.6 Å². The molecule has 0 bridgehead atoms. The van der Waals surface area contributed by atoms with E-state index in [-0.39, 0.29) is 30.8 Å². The monoisotopic (exact) mass is 373 g/mol. The van der Waals surface area contributed by atoms with Crippen molar-refractivity contribution in [1.29, 1.82) is 0 Å². The molecule has 6 nitrogen and oxygen atoms in total. The third kappa shape index (κ3) is 5.60. The average Bonchev–Trinajstić information content (AvgIpc) is 2.61. The van der Waals surface area contributed by atoms with E-state index in [9.17, 15) is 14.4 Å². The van der Waals surface area contributed by atoms with E-state index in [1.807, 2.05) is 13.0 Å². The number of para-hydroxylation sites is 1. The van der Waals surface area contributed by atoms with Crippen molar-refractivity contribution in [3.8, 4) is 0 Å². The second-order valence-electron chi connectivity index (χ2n) is 5.83. The second kappa shape index (κ2) is 9.01. The number of benzene rings is 2. The molecule has 0 saturated carbocycles. The molecule has 3 amide bonds. The summed E-state index contributed by atoms with van der Waals surface area (Å²) in [6.07, 6.45) is 0. The number of amides is 3. The van der Waals surface area contributed by atoms with Crippen molar-refractivity contribution in [3.63, 3.8) is 0 Å². The maximum atomic E-state index is 12.1. The lowest BCUT2D eigenvalue weighted by molar-refractivity contribution is -0.132. The summed E-state index contributed by atoms with van der Waals surface area (Å²) in [5, 5.41) is 5.61. The van der Waals surface area contributed by atoms with Crippen molar-refractivity contribution in [2.45, 2.75) is 6.92 Å². The molecule has 0 aromatic heterocycles. The molecule has 0 heterocycles. The average molecular weight is 374 g/mol. The van der Waals surface area contributed by atoms with Gasteiger partial charge in [-0.25, -0.2) is 0 Å². The van der Waals surface area contributed by atoms with Gasteiger partial charge in [0.05, 0.1) is 23.8 Å². The highest BCUT2D eigenvalue weighted by atomic mass is 35.5. The van der Waals surface area contributed by atoms with Crippen molar-refractivity contribution < 1.29 is 14.4 Å². The molecule has 0 atom stereocenters. The van der Waals surface area contributed by atoms with Gasteiger partial charge in [0.15, 0.2) is 0 Å². The second-order valence-corrected chi connectivity index (χ2v) is 6.24. The number of nitrogens with one attached hydrogen (secondary N) is 2. The standard InChI is InChI=1S/C19H20ClN3O3/c1-13-6-5-7-14(10-13)19(26)21-11-18(25)23(2)12-17(24)22-16-9-4-3-8-15(16)20/h3-10H,11-12H2,1-2H3,(H,21,26)(H,22,24). The van der Waals surface area contributed by atoms with E-state index in [0.29, 0.717) is 16.3 Å². The van der Waals surface area contributed by atoms with Crippen LogP contribution in [-0.2, 0) is 9.59 Å². The topological polar surface area (TPSA) is 78.5 Å². The summed E-state index contributed by atoms with van der Waals surface area (Å²) < 4.78 is 0.